The third-order valence-corrected chi connectivity index (χ3v) is 4.84. The lowest BCUT2D eigenvalue weighted by molar-refractivity contribution is 0.0926. The summed E-state index contributed by atoms with van der Waals surface area (Å²) in [5.74, 6) is -0.257. The van der Waals surface area contributed by atoms with Gasteiger partial charge in [0.1, 0.15) is 5.75 Å². The van der Waals surface area contributed by atoms with Crippen molar-refractivity contribution in [2.24, 2.45) is 0 Å². The van der Waals surface area contributed by atoms with Crippen LogP contribution < -0.4 is 15.4 Å². The second-order valence-electron chi connectivity index (χ2n) is 6.09. The fraction of sp³-hybridized carbons (Fsp3) is 0.143. The standard InChI is InChI=1S/C21H19Cl2N3O3/c1-29-19-13-18(26-10-4-5-11-26)17(23)12-15(19)21(28)25-9-8-24-20(27)14-6-2-3-7-16(14)22/h2-7,10-13H,8-9H2,1H3,(H,24,27)(H,25,28). The van der Waals surface area contributed by atoms with Gasteiger partial charge in [0.05, 0.1) is 34.0 Å². The molecule has 0 bridgehead atoms. The number of benzene rings is 2. The molecule has 29 heavy (non-hydrogen) atoms. The van der Waals surface area contributed by atoms with Crippen LogP contribution in [-0.2, 0) is 0 Å². The molecule has 2 N–H and O–H groups in total. The van der Waals surface area contributed by atoms with Crippen LogP contribution in [0.3, 0.4) is 0 Å². The molecular formula is C21H19Cl2N3O3. The van der Waals surface area contributed by atoms with E-state index >= 15 is 0 Å². The van der Waals surface area contributed by atoms with Gasteiger partial charge in [-0.1, -0.05) is 35.3 Å². The van der Waals surface area contributed by atoms with E-state index in [-0.39, 0.29) is 24.9 Å². The number of hydrogen-bond acceptors (Lipinski definition) is 3. The summed E-state index contributed by atoms with van der Waals surface area (Å²) in [6.45, 7) is 0.475. The Hall–Kier alpha value is -2.96. The highest BCUT2D eigenvalue weighted by molar-refractivity contribution is 6.34. The maximum Gasteiger partial charge on any atom is 0.255 e. The van der Waals surface area contributed by atoms with Crippen molar-refractivity contribution < 1.29 is 14.3 Å². The number of ether oxygens (including phenoxy) is 1. The van der Waals surface area contributed by atoms with Crippen LogP contribution in [0.2, 0.25) is 10.0 Å². The highest BCUT2D eigenvalue weighted by Gasteiger charge is 2.16. The number of aromatic nitrogens is 1. The van der Waals surface area contributed by atoms with E-state index < -0.39 is 0 Å². The van der Waals surface area contributed by atoms with Crippen LogP contribution in [0.15, 0.2) is 60.9 Å². The van der Waals surface area contributed by atoms with Crippen LogP contribution >= 0.6 is 23.2 Å². The van der Waals surface area contributed by atoms with Crippen molar-refractivity contribution in [3.8, 4) is 11.4 Å². The van der Waals surface area contributed by atoms with Gasteiger partial charge < -0.3 is 19.9 Å². The van der Waals surface area contributed by atoms with Gasteiger partial charge in [-0.25, -0.2) is 0 Å². The maximum atomic E-state index is 12.6. The van der Waals surface area contributed by atoms with E-state index in [4.69, 9.17) is 27.9 Å². The van der Waals surface area contributed by atoms with E-state index in [0.29, 0.717) is 32.6 Å². The molecule has 0 radical (unpaired) electrons. The van der Waals surface area contributed by atoms with Gasteiger partial charge in [-0.05, 0) is 30.3 Å². The van der Waals surface area contributed by atoms with E-state index in [0.717, 1.165) is 0 Å². The molecule has 0 aliphatic rings. The summed E-state index contributed by atoms with van der Waals surface area (Å²) in [6.07, 6.45) is 3.70. The number of carbonyl (C=O) groups excluding carboxylic acids is 2. The zero-order valence-electron chi connectivity index (χ0n) is 15.6. The van der Waals surface area contributed by atoms with Crippen molar-refractivity contribution in [2.45, 2.75) is 0 Å². The number of amides is 2. The zero-order chi connectivity index (χ0) is 20.8. The highest BCUT2D eigenvalue weighted by Crippen LogP contribution is 2.29. The summed E-state index contributed by atoms with van der Waals surface area (Å²) < 4.78 is 7.19. The molecule has 0 aliphatic heterocycles. The van der Waals surface area contributed by atoms with Crippen LogP contribution in [0.4, 0.5) is 0 Å². The van der Waals surface area contributed by atoms with Crippen molar-refractivity contribution in [3.05, 3.63) is 82.1 Å². The summed E-state index contributed by atoms with van der Waals surface area (Å²) in [5.41, 5.74) is 1.40. The molecule has 8 heteroatoms. The SMILES string of the molecule is COc1cc(-n2cccc2)c(Cl)cc1C(=O)NCCNC(=O)c1ccccc1Cl. The lowest BCUT2D eigenvalue weighted by atomic mass is 10.1. The Morgan fingerprint density at radius 2 is 1.52 bits per heavy atom. The Balaban J connectivity index is 1.61. The minimum Gasteiger partial charge on any atom is -0.496 e. The van der Waals surface area contributed by atoms with Crippen LogP contribution in [0.25, 0.3) is 5.69 Å². The van der Waals surface area contributed by atoms with Gasteiger partial charge in [0.2, 0.25) is 0 Å². The number of hydrogen-bond donors (Lipinski definition) is 2. The summed E-state index contributed by atoms with van der Waals surface area (Å²) >= 11 is 12.4. The minimum atomic E-state index is -0.352. The summed E-state index contributed by atoms with van der Waals surface area (Å²) in [4.78, 5) is 24.7. The zero-order valence-corrected chi connectivity index (χ0v) is 17.1. The van der Waals surface area contributed by atoms with Gasteiger partial charge in [-0.3, -0.25) is 9.59 Å². The van der Waals surface area contributed by atoms with Crippen molar-refractivity contribution >= 4 is 35.0 Å². The normalized spacial score (nSPS) is 10.4. The Morgan fingerprint density at radius 3 is 2.14 bits per heavy atom. The van der Waals surface area contributed by atoms with Crippen molar-refractivity contribution in [1.29, 1.82) is 0 Å². The molecule has 3 aromatic rings. The summed E-state index contributed by atoms with van der Waals surface area (Å²) in [6, 6.07) is 13.8. The molecule has 0 fully saturated rings. The number of carbonyl (C=O) groups is 2. The lowest BCUT2D eigenvalue weighted by Crippen LogP contribution is -2.35. The van der Waals surface area contributed by atoms with Gasteiger partial charge >= 0.3 is 0 Å². The van der Waals surface area contributed by atoms with E-state index in [1.54, 1.807) is 36.4 Å². The Kier molecular flexibility index (Phi) is 6.80. The first-order valence-corrected chi connectivity index (χ1v) is 9.58. The highest BCUT2D eigenvalue weighted by atomic mass is 35.5. The third-order valence-electron chi connectivity index (χ3n) is 4.21. The Bertz CT molecular complexity index is 1020. The molecule has 0 saturated carbocycles. The minimum absolute atomic E-state index is 0.231. The molecule has 2 amide bonds. The number of rotatable bonds is 7. The van der Waals surface area contributed by atoms with Gasteiger partial charge in [0.15, 0.2) is 0 Å². The molecule has 2 aromatic carbocycles. The van der Waals surface area contributed by atoms with E-state index in [1.807, 2.05) is 29.1 Å². The second-order valence-corrected chi connectivity index (χ2v) is 6.90. The van der Waals surface area contributed by atoms with Crippen molar-refractivity contribution in [3.63, 3.8) is 0 Å². The van der Waals surface area contributed by atoms with Gasteiger partial charge in [-0.2, -0.15) is 0 Å². The fourth-order valence-electron chi connectivity index (χ4n) is 2.77. The topological polar surface area (TPSA) is 72.4 Å². The molecule has 0 saturated heterocycles. The molecule has 0 unspecified atom stereocenters. The molecule has 1 heterocycles. The van der Waals surface area contributed by atoms with Crippen LogP contribution in [0.1, 0.15) is 20.7 Å². The molecule has 0 aliphatic carbocycles. The molecule has 150 valence electrons. The first kappa shape index (κ1) is 20.8. The molecule has 0 spiro atoms. The van der Waals surface area contributed by atoms with Crippen LogP contribution in [0.5, 0.6) is 5.75 Å². The number of nitrogens with one attached hydrogen (secondary N) is 2. The smallest absolute Gasteiger partial charge is 0.255 e. The van der Waals surface area contributed by atoms with E-state index in [2.05, 4.69) is 10.6 Å². The second kappa shape index (κ2) is 9.49. The molecular weight excluding hydrogens is 413 g/mol. The van der Waals surface area contributed by atoms with Crippen LogP contribution in [-0.4, -0.2) is 36.6 Å². The van der Waals surface area contributed by atoms with Gasteiger partial charge in [-0.15, -0.1) is 0 Å². The number of methoxy groups -OCH3 is 1. The van der Waals surface area contributed by atoms with Crippen molar-refractivity contribution in [1.82, 2.24) is 15.2 Å². The average Bonchev–Trinajstić information content (AvgIpc) is 3.25. The first-order chi connectivity index (χ1) is 14.0. The third kappa shape index (κ3) is 4.91. The largest absolute Gasteiger partial charge is 0.496 e. The summed E-state index contributed by atoms with van der Waals surface area (Å²) in [7, 11) is 1.49. The van der Waals surface area contributed by atoms with E-state index in [1.165, 1.54) is 7.11 Å². The van der Waals surface area contributed by atoms with Crippen molar-refractivity contribution in [2.75, 3.05) is 20.2 Å². The number of halogens is 2. The Morgan fingerprint density at radius 1 is 0.897 bits per heavy atom. The predicted octanol–water partition coefficient (Wildman–Crippen LogP) is 3.95. The fourth-order valence-corrected chi connectivity index (χ4v) is 3.25. The monoisotopic (exact) mass is 431 g/mol. The predicted molar refractivity (Wildman–Crippen MR) is 113 cm³/mol. The number of nitrogens with zero attached hydrogens (tertiary/aromatic N) is 1. The van der Waals surface area contributed by atoms with Gasteiger partial charge in [0.25, 0.3) is 11.8 Å². The van der Waals surface area contributed by atoms with Gasteiger partial charge in [0, 0.05) is 31.5 Å². The lowest BCUT2D eigenvalue weighted by Gasteiger charge is -2.14. The molecule has 0 atom stereocenters. The molecule has 3 rings (SSSR count). The quantitative estimate of drug-likeness (QED) is 0.556. The average molecular weight is 432 g/mol. The summed E-state index contributed by atoms with van der Waals surface area (Å²) in [5, 5.41) is 6.25. The maximum absolute atomic E-state index is 12.6. The molecule has 1 aromatic heterocycles. The first-order valence-electron chi connectivity index (χ1n) is 8.83. The van der Waals surface area contributed by atoms with Crippen LogP contribution in [0, 0.1) is 0 Å². The van der Waals surface area contributed by atoms with E-state index in [9.17, 15) is 9.59 Å². The Labute approximate surface area is 178 Å². The molecule has 6 nitrogen and oxygen atoms in total.